The molecule has 0 saturated heterocycles. The van der Waals surface area contributed by atoms with Gasteiger partial charge in [-0.2, -0.15) is 0 Å². The van der Waals surface area contributed by atoms with Gasteiger partial charge in [-0.25, -0.2) is 0 Å². The van der Waals surface area contributed by atoms with Gasteiger partial charge in [0.05, 0.1) is 11.0 Å². The third-order valence-electron chi connectivity index (χ3n) is 3.81. The summed E-state index contributed by atoms with van der Waals surface area (Å²) >= 11 is 9.10. The monoisotopic (exact) mass is 412 g/mol. The van der Waals surface area contributed by atoms with Gasteiger partial charge in [0.15, 0.2) is 0 Å². The van der Waals surface area contributed by atoms with Crippen LogP contribution in [0.4, 0.5) is 0 Å². The Morgan fingerprint density at radius 2 is 1.56 bits per heavy atom. The fourth-order valence-corrected chi connectivity index (χ4v) is 3.09. The van der Waals surface area contributed by atoms with Gasteiger partial charge in [-0.05, 0) is 36.2 Å². The number of halogens is 2. The minimum absolute atomic E-state index is 0.526. The van der Waals surface area contributed by atoms with Gasteiger partial charge < -0.3 is 0 Å². The summed E-state index contributed by atoms with van der Waals surface area (Å²) in [6.07, 6.45) is 2.81. The van der Waals surface area contributed by atoms with Crippen LogP contribution in [0.1, 0.15) is 11.3 Å². The lowest BCUT2D eigenvalue weighted by molar-refractivity contribution is 1.08. The molecule has 126 valence electrons. The Balaban J connectivity index is 0.000000146. The standard InChI is InChI=1S/C11H10BrN.C10H8ClN/c12-8-7-10-6-5-9-3-1-2-4-11(9)13-10;11-6-8-5-9-3-1-2-4-10(9)12-7-8/h1-6H,7-8H2;1-5,7H,6H2. The summed E-state index contributed by atoms with van der Waals surface area (Å²) in [5, 5.41) is 3.33. The van der Waals surface area contributed by atoms with Crippen LogP contribution in [0.15, 0.2) is 72.9 Å². The van der Waals surface area contributed by atoms with Crippen LogP contribution in [0.5, 0.6) is 0 Å². The van der Waals surface area contributed by atoms with Crippen molar-refractivity contribution in [2.45, 2.75) is 12.3 Å². The summed E-state index contributed by atoms with van der Waals surface area (Å²) in [6, 6.07) is 22.5. The van der Waals surface area contributed by atoms with E-state index in [1.54, 1.807) is 0 Å². The Morgan fingerprint density at radius 1 is 0.840 bits per heavy atom. The van der Waals surface area contributed by atoms with Gasteiger partial charge in [0, 0.05) is 33.9 Å². The molecule has 2 aromatic heterocycles. The summed E-state index contributed by atoms with van der Waals surface area (Å²) in [4.78, 5) is 8.80. The summed E-state index contributed by atoms with van der Waals surface area (Å²) in [6.45, 7) is 0. The fourth-order valence-electron chi connectivity index (χ4n) is 2.53. The molecule has 0 spiro atoms. The van der Waals surface area contributed by atoms with Gasteiger partial charge in [0.1, 0.15) is 0 Å². The largest absolute Gasteiger partial charge is 0.256 e. The summed E-state index contributed by atoms with van der Waals surface area (Å²) in [7, 11) is 0. The summed E-state index contributed by atoms with van der Waals surface area (Å²) in [5.41, 5.74) is 4.32. The number of hydrogen-bond donors (Lipinski definition) is 0. The third kappa shape index (κ3) is 4.77. The molecule has 0 saturated carbocycles. The Morgan fingerprint density at radius 3 is 2.32 bits per heavy atom. The maximum atomic E-state index is 5.69. The van der Waals surface area contributed by atoms with Crippen LogP contribution in [0.25, 0.3) is 21.8 Å². The van der Waals surface area contributed by atoms with Crippen molar-refractivity contribution in [3.63, 3.8) is 0 Å². The number of rotatable bonds is 3. The first-order valence-electron chi connectivity index (χ1n) is 8.10. The normalized spacial score (nSPS) is 10.5. The predicted molar refractivity (Wildman–Crippen MR) is 111 cm³/mol. The van der Waals surface area contributed by atoms with Crippen molar-refractivity contribution in [3.8, 4) is 0 Å². The van der Waals surface area contributed by atoms with Crippen LogP contribution in [0.3, 0.4) is 0 Å². The molecule has 4 aromatic rings. The lowest BCUT2D eigenvalue weighted by Gasteiger charge is -1.99. The molecule has 2 nitrogen and oxygen atoms in total. The van der Waals surface area contributed by atoms with Crippen LogP contribution >= 0.6 is 27.5 Å². The number of alkyl halides is 2. The Kier molecular flexibility index (Phi) is 6.37. The highest BCUT2D eigenvalue weighted by atomic mass is 79.9. The topological polar surface area (TPSA) is 25.8 Å². The van der Waals surface area contributed by atoms with E-state index in [1.165, 1.54) is 5.39 Å². The molecule has 0 atom stereocenters. The van der Waals surface area contributed by atoms with Crippen molar-refractivity contribution >= 4 is 49.3 Å². The zero-order chi connectivity index (χ0) is 17.5. The van der Waals surface area contributed by atoms with Crippen molar-refractivity contribution in [2.75, 3.05) is 5.33 Å². The minimum atomic E-state index is 0.526. The van der Waals surface area contributed by atoms with Crippen LogP contribution < -0.4 is 0 Å². The molecule has 0 aliphatic carbocycles. The molecule has 0 bridgehead atoms. The highest BCUT2D eigenvalue weighted by Crippen LogP contribution is 2.14. The van der Waals surface area contributed by atoms with Gasteiger partial charge in [-0.3, -0.25) is 9.97 Å². The predicted octanol–water partition coefficient (Wildman–Crippen LogP) is 6.15. The van der Waals surface area contributed by atoms with Crippen LogP contribution in [-0.2, 0) is 12.3 Å². The van der Waals surface area contributed by atoms with Gasteiger partial charge in [0.25, 0.3) is 0 Å². The highest BCUT2D eigenvalue weighted by Gasteiger charge is 1.96. The molecule has 4 rings (SSSR count). The lowest BCUT2D eigenvalue weighted by atomic mass is 10.2. The number of para-hydroxylation sites is 2. The lowest BCUT2D eigenvalue weighted by Crippen LogP contribution is -1.90. The van der Waals surface area contributed by atoms with E-state index in [0.29, 0.717) is 5.88 Å². The maximum absolute atomic E-state index is 5.69. The van der Waals surface area contributed by atoms with Crippen molar-refractivity contribution in [1.29, 1.82) is 0 Å². The third-order valence-corrected chi connectivity index (χ3v) is 4.51. The number of aryl methyl sites for hydroxylation is 1. The van der Waals surface area contributed by atoms with Crippen LogP contribution in [-0.4, -0.2) is 15.3 Å². The second-order valence-electron chi connectivity index (χ2n) is 5.60. The van der Waals surface area contributed by atoms with Crippen molar-refractivity contribution in [1.82, 2.24) is 9.97 Å². The van der Waals surface area contributed by atoms with Gasteiger partial charge >= 0.3 is 0 Å². The summed E-state index contributed by atoms with van der Waals surface area (Å²) in [5.74, 6) is 0.526. The molecule has 0 aliphatic rings. The molecular formula is C21H18BrClN2. The van der Waals surface area contributed by atoms with E-state index >= 15 is 0 Å². The first-order valence-corrected chi connectivity index (χ1v) is 9.76. The van der Waals surface area contributed by atoms with Gasteiger partial charge in [-0.1, -0.05) is 58.4 Å². The Bertz CT molecular complexity index is 972. The second-order valence-corrected chi connectivity index (χ2v) is 6.66. The van der Waals surface area contributed by atoms with Crippen LogP contribution in [0.2, 0.25) is 0 Å². The molecule has 0 aliphatic heterocycles. The first-order chi connectivity index (χ1) is 12.3. The van der Waals surface area contributed by atoms with E-state index in [0.717, 1.165) is 39.4 Å². The number of aromatic nitrogens is 2. The van der Waals surface area contributed by atoms with Gasteiger partial charge in [0.2, 0.25) is 0 Å². The minimum Gasteiger partial charge on any atom is -0.256 e. The van der Waals surface area contributed by atoms with E-state index < -0.39 is 0 Å². The molecular weight excluding hydrogens is 396 g/mol. The van der Waals surface area contributed by atoms with Crippen molar-refractivity contribution in [2.24, 2.45) is 0 Å². The molecule has 4 heteroatoms. The molecule has 0 N–H and O–H groups in total. The molecule has 2 aromatic carbocycles. The first kappa shape index (κ1) is 17.8. The van der Waals surface area contributed by atoms with E-state index in [1.807, 2.05) is 48.7 Å². The van der Waals surface area contributed by atoms with Crippen LogP contribution in [0, 0.1) is 0 Å². The fraction of sp³-hybridized carbons (Fsp3) is 0.143. The quantitative estimate of drug-likeness (QED) is 0.377. The summed E-state index contributed by atoms with van der Waals surface area (Å²) < 4.78 is 0. The second kappa shape index (κ2) is 8.93. The zero-order valence-corrected chi connectivity index (χ0v) is 16.0. The van der Waals surface area contributed by atoms with E-state index in [4.69, 9.17) is 11.6 Å². The highest BCUT2D eigenvalue weighted by molar-refractivity contribution is 9.09. The number of hydrogen-bond acceptors (Lipinski definition) is 2. The Labute approximate surface area is 161 Å². The number of fused-ring (bicyclic) bond motifs is 2. The average molecular weight is 414 g/mol. The average Bonchev–Trinajstić information content (AvgIpc) is 2.68. The SMILES string of the molecule is BrCCc1ccc2ccccc2n1.ClCc1cnc2ccccc2c1. The molecule has 0 fully saturated rings. The number of pyridine rings is 2. The zero-order valence-electron chi connectivity index (χ0n) is 13.7. The molecule has 0 radical (unpaired) electrons. The number of benzene rings is 2. The molecule has 0 unspecified atom stereocenters. The van der Waals surface area contributed by atoms with Gasteiger partial charge in [-0.15, -0.1) is 11.6 Å². The van der Waals surface area contributed by atoms with E-state index in [-0.39, 0.29) is 0 Å². The van der Waals surface area contributed by atoms with Crippen molar-refractivity contribution < 1.29 is 0 Å². The molecule has 25 heavy (non-hydrogen) atoms. The molecule has 0 amide bonds. The maximum Gasteiger partial charge on any atom is 0.0705 e. The Hall–Kier alpha value is -1.97. The molecule has 2 heterocycles. The van der Waals surface area contributed by atoms with Crippen molar-refractivity contribution in [3.05, 3.63) is 84.2 Å². The van der Waals surface area contributed by atoms with E-state index in [9.17, 15) is 0 Å². The smallest absolute Gasteiger partial charge is 0.0705 e. The van der Waals surface area contributed by atoms with E-state index in [2.05, 4.69) is 50.2 Å². The number of nitrogens with zero attached hydrogens (tertiary/aromatic N) is 2.